The Morgan fingerprint density at radius 1 is 1.26 bits per heavy atom. The fourth-order valence-corrected chi connectivity index (χ4v) is 4.89. The summed E-state index contributed by atoms with van der Waals surface area (Å²) in [7, 11) is 0. The molecule has 4 rings (SSSR count). The summed E-state index contributed by atoms with van der Waals surface area (Å²) in [6, 6.07) is 11.9. The zero-order valence-corrected chi connectivity index (χ0v) is 15.9. The van der Waals surface area contributed by atoms with Gasteiger partial charge in [0.05, 0.1) is 17.5 Å². The number of nitriles is 1. The molecule has 2 atom stereocenters. The Morgan fingerprint density at radius 3 is 2.93 bits per heavy atom. The lowest BCUT2D eigenvalue weighted by atomic mass is 10.2. The summed E-state index contributed by atoms with van der Waals surface area (Å²) in [4.78, 5) is 29.5. The van der Waals surface area contributed by atoms with E-state index in [1.807, 2.05) is 30.3 Å². The average Bonchev–Trinajstić information content (AvgIpc) is 3.40. The summed E-state index contributed by atoms with van der Waals surface area (Å²) in [5, 5.41) is 13.3. The molecule has 0 radical (unpaired) electrons. The summed E-state index contributed by atoms with van der Waals surface area (Å²) < 4.78 is 1.11. The SMILES string of the molecule is N#C[C@@H]1CCCN1C(=O)CN1CC[C@H](NC(=O)c2cc3ccccc3s2)C1. The van der Waals surface area contributed by atoms with Crippen LogP contribution in [0.15, 0.2) is 30.3 Å². The molecule has 1 N–H and O–H groups in total. The van der Waals surface area contributed by atoms with Crippen LogP contribution in [0.1, 0.15) is 28.9 Å². The fourth-order valence-electron chi connectivity index (χ4n) is 3.93. The van der Waals surface area contributed by atoms with E-state index in [1.54, 1.807) is 4.90 Å². The van der Waals surface area contributed by atoms with Gasteiger partial charge in [-0.2, -0.15) is 5.26 Å². The maximum absolute atomic E-state index is 12.6. The van der Waals surface area contributed by atoms with Crippen molar-refractivity contribution in [2.75, 3.05) is 26.2 Å². The average molecular weight is 382 g/mol. The molecule has 2 aromatic rings. The van der Waals surface area contributed by atoms with Gasteiger partial charge in [0.1, 0.15) is 6.04 Å². The topological polar surface area (TPSA) is 76.4 Å². The first-order valence-corrected chi connectivity index (χ1v) is 10.2. The van der Waals surface area contributed by atoms with Crippen LogP contribution < -0.4 is 5.32 Å². The predicted molar refractivity (Wildman–Crippen MR) is 104 cm³/mol. The lowest BCUT2D eigenvalue weighted by Gasteiger charge is -2.23. The number of thiophene rings is 1. The Kier molecular flexibility index (Phi) is 5.10. The van der Waals surface area contributed by atoms with Gasteiger partial charge in [0, 0.05) is 30.4 Å². The predicted octanol–water partition coefficient (Wildman–Crippen LogP) is 2.22. The van der Waals surface area contributed by atoms with Gasteiger partial charge in [-0.3, -0.25) is 14.5 Å². The summed E-state index contributed by atoms with van der Waals surface area (Å²) in [6.45, 7) is 2.46. The molecule has 2 fully saturated rings. The summed E-state index contributed by atoms with van der Waals surface area (Å²) >= 11 is 1.50. The van der Waals surface area contributed by atoms with Gasteiger partial charge in [-0.25, -0.2) is 0 Å². The van der Waals surface area contributed by atoms with Crippen LogP contribution in [0.3, 0.4) is 0 Å². The number of rotatable bonds is 4. The highest BCUT2D eigenvalue weighted by molar-refractivity contribution is 7.20. The zero-order chi connectivity index (χ0) is 18.8. The van der Waals surface area contributed by atoms with Crippen molar-refractivity contribution in [1.29, 1.82) is 5.26 Å². The fraction of sp³-hybridized carbons (Fsp3) is 0.450. The van der Waals surface area contributed by atoms with E-state index in [0.29, 0.717) is 19.6 Å². The second-order valence-electron chi connectivity index (χ2n) is 7.22. The monoisotopic (exact) mass is 382 g/mol. The zero-order valence-electron chi connectivity index (χ0n) is 15.1. The number of benzene rings is 1. The molecule has 0 bridgehead atoms. The Bertz CT molecular complexity index is 870. The van der Waals surface area contributed by atoms with E-state index < -0.39 is 0 Å². The van der Waals surface area contributed by atoms with E-state index in [2.05, 4.69) is 16.3 Å². The number of hydrogen-bond acceptors (Lipinski definition) is 5. The normalized spacial score (nSPS) is 22.9. The molecule has 27 heavy (non-hydrogen) atoms. The molecular weight excluding hydrogens is 360 g/mol. The van der Waals surface area contributed by atoms with Gasteiger partial charge in [0.2, 0.25) is 5.91 Å². The Labute approximate surface area is 162 Å². The minimum atomic E-state index is -0.274. The molecule has 2 aliphatic rings. The molecule has 2 saturated heterocycles. The molecule has 0 spiro atoms. The Balaban J connectivity index is 1.31. The van der Waals surface area contributed by atoms with Crippen LogP contribution >= 0.6 is 11.3 Å². The molecule has 0 aliphatic carbocycles. The van der Waals surface area contributed by atoms with Crippen LogP contribution in [0.5, 0.6) is 0 Å². The molecule has 140 valence electrons. The highest BCUT2D eigenvalue weighted by atomic mass is 32.1. The number of amides is 2. The largest absolute Gasteiger partial charge is 0.347 e. The van der Waals surface area contributed by atoms with Crippen LogP contribution in [-0.4, -0.2) is 59.9 Å². The second kappa shape index (κ2) is 7.67. The van der Waals surface area contributed by atoms with Crippen molar-refractivity contribution >= 4 is 33.2 Å². The Morgan fingerprint density at radius 2 is 2.11 bits per heavy atom. The third-order valence-corrected chi connectivity index (χ3v) is 6.45. The van der Waals surface area contributed by atoms with Crippen molar-refractivity contribution in [2.45, 2.75) is 31.3 Å². The number of carbonyl (C=O) groups is 2. The van der Waals surface area contributed by atoms with Gasteiger partial charge >= 0.3 is 0 Å². The molecule has 2 amide bonds. The molecule has 1 aromatic carbocycles. The summed E-state index contributed by atoms with van der Waals surface area (Å²) in [5.41, 5.74) is 0. The highest BCUT2D eigenvalue weighted by Gasteiger charge is 2.32. The van der Waals surface area contributed by atoms with Crippen molar-refractivity contribution < 1.29 is 9.59 Å². The molecule has 2 aliphatic heterocycles. The van der Waals surface area contributed by atoms with Crippen molar-refractivity contribution in [2.24, 2.45) is 0 Å². The van der Waals surface area contributed by atoms with Gasteiger partial charge in [0.25, 0.3) is 5.91 Å². The number of nitrogens with one attached hydrogen (secondary N) is 1. The first-order valence-electron chi connectivity index (χ1n) is 9.35. The lowest BCUT2D eigenvalue weighted by Crippen LogP contribution is -2.43. The third-order valence-electron chi connectivity index (χ3n) is 5.34. The third kappa shape index (κ3) is 3.82. The van der Waals surface area contributed by atoms with Crippen LogP contribution in [0, 0.1) is 11.3 Å². The van der Waals surface area contributed by atoms with Crippen LogP contribution in [-0.2, 0) is 4.79 Å². The van der Waals surface area contributed by atoms with Crippen molar-refractivity contribution in [3.05, 3.63) is 35.2 Å². The van der Waals surface area contributed by atoms with E-state index in [9.17, 15) is 9.59 Å². The van der Waals surface area contributed by atoms with Crippen LogP contribution in [0.2, 0.25) is 0 Å². The smallest absolute Gasteiger partial charge is 0.261 e. The maximum Gasteiger partial charge on any atom is 0.261 e. The quantitative estimate of drug-likeness (QED) is 0.880. The minimum Gasteiger partial charge on any atom is -0.347 e. The van der Waals surface area contributed by atoms with Gasteiger partial charge in [-0.15, -0.1) is 11.3 Å². The first kappa shape index (κ1) is 18.0. The molecule has 7 heteroatoms. The molecular formula is C20H22N4O2S. The number of carbonyl (C=O) groups excluding carboxylic acids is 2. The summed E-state index contributed by atoms with van der Waals surface area (Å²) in [6.07, 6.45) is 2.51. The Hall–Kier alpha value is -2.43. The maximum atomic E-state index is 12.6. The molecule has 0 unspecified atom stereocenters. The molecule has 0 saturated carbocycles. The van der Waals surface area contributed by atoms with Crippen LogP contribution in [0.4, 0.5) is 0 Å². The van der Waals surface area contributed by atoms with Crippen LogP contribution in [0.25, 0.3) is 10.1 Å². The number of fused-ring (bicyclic) bond motifs is 1. The molecule has 6 nitrogen and oxygen atoms in total. The van der Waals surface area contributed by atoms with Crippen molar-refractivity contribution in [3.8, 4) is 6.07 Å². The van der Waals surface area contributed by atoms with Gasteiger partial charge in [-0.05, 0) is 36.8 Å². The van der Waals surface area contributed by atoms with Crippen molar-refractivity contribution in [3.63, 3.8) is 0 Å². The van der Waals surface area contributed by atoms with Crippen molar-refractivity contribution in [1.82, 2.24) is 15.1 Å². The van der Waals surface area contributed by atoms with E-state index in [-0.39, 0.29) is 23.9 Å². The van der Waals surface area contributed by atoms with E-state index in [0.717, 1.165) is 40.8 Å². The van der Waals surface area contributed by atoms with E-state index >= 15 is 0 Å². The number of hydrogen-bond donors (Lipinski definition) is 1. The lowest BCUT2D eigenvalue weighted by molar-refractivity contribution is -0.132. The van der Waals surface area contributed by atoms with Gasteiger partial charge in [-0.1, -0.05) is 18.2 Å². The molecule has 1 aromatic heterocycles. The standard InChI is InChI=1S/C20H22N4O2S/c21-11-16-5-3-8-24(16)19(25)13-23-9-7-15(12-23)22-20(26)18-10-14-4-1-2-6-17(14)27-18/h1-2,4,6,10,15-16H,3,5,7-9,12-13H2,(H,22,26)/t15-,16-/m0/s1. The van der Waals surface area contributed by atoms with Gasteiger partial charge in [0.15, 0.2) is 0 Å². The number of likely N-dealkylation sites (tertiary alicyclic amines) is 2. The van der Waals surface area contributed by atoms with E-state index in [4.69, 9.17) is 5.26 Å². The van der Waals surface area contributed by atoms with E-state index in [1.165, 1.54) is 11.3 Å². The second-order valence-corrected chi connectivity index (χ2v) is 8.30. The molecule has 3 heterocycles. The highest BCUT2D eigenvalue weighted by Crippen LogP contribution is 2.25. The van der Waals surface area contributed by atoms with Gasteiger partial charge < -0.3 is 10.2 Å². The summed E-state index contributed by atoms with van der Waals surface area (Å²) in [5.74, 6) is -0.0194. The minimum absolute atomic E-state index is 0.0236. The number of nitrogens with zero attached hydrogens (tertiary/aromatic N) is 3. The first-order chi connectivity index (χ1) is 13.1.